The Kier molecular flexibility index (Phi) is 11.7. The number of rotatable bonds is 0. The highest BCUT2D eigenvalue weighted by atomic mass is 16.1. The van der Waals surface area contributed by atoms with Gasteiger partial charge in [0.2, 0.25) is 0 Å². The van der Waals surface area contributed by atoms with Crippen molar-refractivity contribution in [2.45, 2.75) is 53.4 Å². The van der Waals surface area contributed by atoms with Crippen molar-refractivity contribution < 1.29 is 4.79 Å². The van der Waals surface area contributed by atoms with Gasteiger partial charge in [0.15, 0.2) is 0 Å². The summed E-state index contributed by atoms with van der Waals surface area (Å²) in [6.45, 7) is 3.80. The Bertz CT molecular complexity index is 72.9. The van der Waals surface area contributed by atoms with E-state index in [1.807, 2.05) is 0 Å². The van der Waals surface area contributed by atoms with Gasteiger partial charge in [-0.3, -0.25) is 0 Å². The second-order valence-corrected chi connectivity index (χ2v) is 2.98. The molecule has 0 aromatic rings. The van der Waals surface area contributed by atoms with Gasteiger partial charge in [0.1, 0.15) is 6.29 Å². The van der Waals surface area contributed by atoms with Crippen LogP contribution < -0.4 is 0 Å². The van der Waals surface area contributed by atoms with E-state index in [9.17, 15) is 0 Å². The van der Waals surface area contributed by atoms with Gasteiger partial charge in [-0.2, -0.15) is 0 Å². The molecule has 1 nitrogen and oxygen atoms in total. The predicted molar refractivity (Wildman–Crippen MR) is 50.7 cm³/mol. The van der Waals surface area contributed by atoms with E-state index in [1.165, 1.54) is 39.0 Å². The average molecular weight is 158 g/mol. The Morgan fingerprint density at radius 2 is 1.55 bits per heavy atom. The van der Waals surface area contributed by atoms with Crippen molar-refractivity contribution in [2.75, 3.05) is 0 Å². The highest BCUT2D eigenvalue weighted by Gasteiger charge is 2.05. The number of carbonyl (C=O) groups is 1. The Hall–Kier alpha value is -0.330. The Morgan fingerprint density at radius 1 is 1.18 bits per heavy atom. The summed E-state index contributed by atoms with van der Waals surface area (Å²) < 4.78 is 0. The molecule has 0 amide bonds. The summed E-state index contributed by atoms with van der Waals surface area (Å²) in [4.78, 5) is 8.81. The number of hydrogen-bond donors (Lipinski definition) is 0. The van der Waals surface area contributed by atoms with E-state index in [2.05, 4.69) is 6.92 Å². The van der Waals surface area contributed by atoms with E-state index >= 15 is 0 Å². The van der Waals surface area contributed by atoms with Crippen LogP contribution in [0.1, 0.15) is 53.4 Å². The van der Waals surface area contributed by atoms with Gasteiger partial charge >= 0.3 is 0 Å². The van der Waals surface area contributed by atoms with Crippen molar-refractivity contribution >= 4 is 6.29 Å². The molecule has 0 unspecified atom stereocenters. The fraction of sp³-hybridized carbons (Fsp3) is 0.900. The predicted octanol–water partition coefficient (Wildman–Crippen LogP) is 3.43. The minimum absolute atomic E-state index is 0. The van der Waals surface area contributed by atoms with E-state index in [0.717, 1.165) is 12.2 Å². The number of aldehydes is 1. The van der Waals surface area contributed by atoms with Crippen LogP contribution in [-0.4, -0.2) is 6.29 Å². The van der Waals surface area contributed by atoms with Crippen LogP contribution in [0.25, 0.3) is 0 Å². The third kappa shape index (κ3) is 9.67. The molecule has 11 heavy (non-hydrogen) atoms. The van der Waals surface area contributed by atoms with E-state index in [-0.39, 0.29) is 7.43 Å². The number of carbonyl (C=O) groups excluding carboxylic acids is 1. The molecule has 0 radical (unpaired) electrons. The van der Waals surface area contributed by atoms with Gasteiger partial charge in [-0.1, -0.05) is 46.5 Å². The van der Waals surface area contributed by atoms with Gasteiger partial charge in [0.05, 0.1) is 0 Å². The Morgan fingerprint density at radius 3 is 1.73 bits per heavy atom. The molecule has 1 fully saturated rings. The molecule has 0 aromatic carbocycles. The highest BCUT2D eigenvalue weighted by molar-refractivity contribution is 5.44. The lowest BCUT2D eigenvalue weighted by Gasteiger charge is -2.15. The SMILES string of the molecule is C.CC1CCCCC1.CC=O. The zero-order valence-electron chi connectivity index (χ0n) is 7.10. The van der Waals surface area contributed by atoms with Crippen LogP contribution >= 0.6 is 0 Å². The normalized spacial score (nSPS) is 17.3. The summed E-state index contributed by atoms with van der Waals surface area (Å²) in [5, 5.41) is 0. The molecule has 0 heterocycles. The van der Waals surface area contributed by atoms with Crippen molar-refractivity contribution in [2.24, 2.45) is 5.92 Å². The summed E-state index contributed by atoms with van der Waals surface area (Å²) >= 11 is 0. The standard InChI is InChI=1S/C7H14.C2H4O.CH4/c1-7-5-3-2-4-6-7;1-2-3;/h7H,2-6H2,1H3;2H,1H3;1H4. The lowest BCUT2D eigenvalue weighted by Crippen LogP contribution is -1.99. The molecule has 0 atom stereocenters. The second kappa shape index (κ2) is 9.67. The van der Waals surface area contributed by atoms with Crippen molar-refractivity contribution in [3.8, 4) is 0 Å². The molecule has 1 saturated carbocycles. The van der Waals surface area contributed by atoms with Crippen LogP contribution in [0.2, 0.25) is 0 Å². The van der Waals surface area contributed by atoms with Gasteiger partial charge in [0, 0.05) is 0 Å². The summed E-state index contributed by atoms with van der Waals surface area (Å²) in [6.07, 6.45) is 8.19. The minimum atomic E-state index is 0. The topological polar surface area (TPSA) is 17.1 Å². The molecule has 0 N–H and O–H groups in total. The lowest BCUT2D eigenvalue weighted by molar-refractivity contribution is -0.106. The average Bonchev–Trinajstić information content (AvgIpc) is 1.91. The van der Waals surface area contributed by atoms with Gasteiger partial charge < -0.3 is 4.79 Å². The van der Waals surface area contributed by atoms with Crippen LogP contribution in [0, 0.1) is 5.92 Å². The maximum Gasteiger partial charge on any atom is 0.116 e. The van der Waals surface area contributed by atoms with Crippen LogP contribution in [0.5, 0.6) is 0 Å². The number of hydrogen-bond acceptors (Lipinski definition) is 1. The molecule has 68 valence electrons. The van der Waals surface area contributed by atoms with Crippen molar-refractivity contribution in [3.63, 3.8) is 0 Å². The maximum absolute atomic E-state index is 8.81. The fourth-order valence-corrected chi connectivity index (χ4v) is 1.31. The van der Waals surface area contributed by atoms with Gasteiger partial charge in [-0.05, 0) is 12.8 Å². The Balaban J connectivity index is 0. The molecule has 1 heteroatoms. The van der Waals surface area contributed by atoms with Crippen LogP contribution in [-0.2, 0) is 4.79 Å². The molecule has 0 bridgehead atoms. The third-order valence-corrected chi connectivity index (χ3v) is 1.89. The van der Waals surface area contributed by atoms with Crippen LogP contribution in [0.3, 0.4) is 0 Å². The van der Waals surface area contributed by atoms with E-state index in [0.29, 0.717) is 0 Å². The largest absolute Gasteiger partial charge is 0.304 e. The monoisotopic (exact) mass is 158 g/mol. The minimum Gasteiger partial charge on any atom is -0.304 e. The van der Waals surface area contributed by atoms with E-state index < -0.39 is 0 Å². The van der Waals surface area contributed by atoms with Gasteiger partial charge in [-0.25, -0.2) is 0 Å². The first-order chi connectivity index (χ1) is 4.81. The lowest BCUT2D eigenvalue weighted by atomic mass is 9.91. The highest BCUT2D eigenvalue weighted by Crippen LogP contribution is 2.21. The molecule has 1 aliphatic rings. The van der Waals surface area contributed by atoms with E-state index in [1.54, 1.807) is 0 Å². The molecular weight excluding hydrogens is 136 g/mol. The summed E-state index contributed by atoms with van der Waals surface area (Å²) in [5.41, 5.74) is 0. The Labute approximate surface area is 71.2 Å². The van der Waals surface area contributed by atoms with Crippen LogP contribution in [0.15, 0.2) is 0 Å². The van der Waals surface area contributed by atoms with Crippen molar-refractivity contribution in [1.82, 2.24) is 0 Å². The molecule has 1 aliphatic carbocycles. The zero-order valence-corrected chi connectivity index (χ0v) is 7.10. The fourth-order valence-electron chi connectivity index (χ4n) is 1.31. The quantitative estimate of drug-likeness (QED) is 0.494. The first kappa shape index (κ1) is 13.3. The van der Waals surface area contributed by atoms with E-state index in [4.69, 9.17) is 4.79 Å². The third-order valence-electron chi connectivity index (χ3n) is 1.89. The molecule has 0 aliphatic heterocycles. The zero-order chi connectivity index (χ0) is 7.82. The summed E-state index contributed by atoms with van der Waals surface area (Å²) in [7, 11) is 0. The first-order valence-corrected chi connectivity index (χ1v) is 4.21. The molecule has 1 rings (SSSR count). The molecular formula is C10H22O. The maximum atomic E-state index is 8.81. The van der Waals surface area contributed by atoms with Crippen molar-refractivity contribution in [1.29, 1.82) is 0 Å². The molecule has 0 aromatic heterocycles. The second-order valence-electron chi connectivity index (χ2n) is 2.98. The van der Waals surface area contributed by atoms with Gasteiger partial charge in [-0.15, -0.1) is 0 Å². The smallest absolute Gasteiger partial charge is 0.116 e. The molecule has 0 saturated heterocycles. The first-order valence-electron chi connectivity index (χ1n) is 4.21. The summed E-state index contributed by atoms with van der Waals surface area (Å²) in [6, 6.07) is 0. The molecule has 0 spiro atoms. The summed E-state index contributed by atoms with van der Waals surface area (Å²) in [5.74, 6) is 1.04. The van der Waals surface area contributed by atoms with Crippen LogP contribution in [0.4, 0.5) is 0 Å². The van der Waals surface area contributed by atoms with Gasteiger partial charge in [0.25, 0.3) is 0 Å². The van der Waals surface area contributed by atoms with Crippen molar-refractivity contribution in [3.05, 3.63) is 0 Å².